The van der Waals surface area contributed by atoms with Gasteiger partial charge in [0.1, 0.15) is 11.5 Å². The number of carbonyl (C=O) groups excluding carboxylic acids is 1. The van der Waals surface area contributed by atoms with Crippen LogP contribution in [0.1, 0.15) is 21.9 Å². The molecule has 0 radical (unpaired) electrons. The van der Waals surface area contributed by atoms with E-state index in [0.717, 1.165) is 41.4 Å². The summed E-state index contributed by atoms with van der Waals surface area (Å²) < 4.78 is 16.8. The highest BCUT2D eigenvalue weighted by Gasteiger charge is 2.27. The largest absolute Gasteiger partial charge is 0.365 e. The van der Waals surface area contributed by atoms with Gasteiger partial charge in [-0.15, -0.1) is 0 Å². The molecule has 0 unspecified atom stereocenters. The molecule has 1 aliphatic rings. The predicted octanol–water partition coefficient (Wildman–Crippen LogP) is 3.99. The summed E-state index contributed by atoms with van der Waals surface area (Å²) in [5, 5.41) is 9.23. The second-order valence-corrected chi connectivity index (χ2v) is 8.59. The van der Waals surface area contributed by atoms with Gasteiger partial charge in [-0.3, -0.25) is 9.48 Å². The number of anilines is 1. The van der Waals surface area contributed by atoms with Crippen molar-refractivity contribution in [3.63, 3.8) is 0 Å². The molecule has 1 amide bonds. The minimum atomic E-state index is -0.298. The Hall–Kier alpha value is -3.94. The Morgan fingerprint density at radius 3 is 2.26 bits per heavy atom. The maximum absolute atomic E-state index is 13.3. The molecule has 7 nitrogen and oxygen atoms in total. The Balaban J connectivity index is 1.30. The van der Waals surface area contributed by atoms with Gasteiger partial charge in [-0.1, -0.05) is 18.2 Å². The number of aryl methyl sites for hydroxylation is 2. The van der Waals surface area contributed by atoms with Gasteiger partial charge in [-0.05, 0) is 56.3 Å². The lowest BCUT2D eigenvalue weighted by molar-refractivity contribution is 0.0735. The van der Waals surface area contributed by atoms with Crippen LogP contribution in [0, 0.1) is 19.7 Å². The number of hydrogen-bond acceptors (Lipinski definition) is 4. The molecule has 4 aromatic rings. The number of hydrogen-bond donors (Lipinski definition) is 0. The predicted molar refractivity (Wildman–Crippen MR) is 130 cm³/mol. The van der Waals surface area contributed by atoms with Crippen LogP contribution < -0.4 is 4.90 Å². The average molecular weight is 459 g/mol. The maximum atomic E-state index is 13.3. The topological polar surface area (TPSA) is 59.2 Å². The van der Waals surface area contributed by atoms with E-state index in [-0.39, 0.29) is 11.7 Å². The fraction of sp³-hybridized carbons (Fsp3) is 0.269. The number of piperazine rings is 1. The fourth-order valence-corrected chi connectivity index (χ4v) is 4.64. The number of carbonyl (C=O) groups is 1. The number of halogens is 1. The van der Waals surface area contributed by atoms with E-state index in [4.69, 9.17) is 5.10 Å². The molecule has 0 spiro atoms. The summed E-state index contributed by atoms with van der Waals surface area (Å²) in [6.07, 6.45) is 0. The van der Waals surface area contributed by atoms with Crippen LogP contribution in [0.5, 0.6) is 0 Å². The van der Waals surface area contributed by atoms with E-state index in [0.29, 0.717) is 24.5 Å². The third kappa shape index (κ3) is 3.96. The van der Waals surface area contributed by atoms with Crippen LogP contribution in [0.25, 0.3) is 16.9 Å². The highest BCUT2D eigenvalue weighted by molar-refractivity contribution is 5.94. The van der Waals surface area contributed by atoms with Crippen molar-refractivity contribution in [2.75, 3.05) is 31.1 Å². The molecule has 0 atom stereocenters. The Bertz CT molecular complexity index is 1320. The monoisotopic (exact) mass is 458 g/mol. The van der Waals surface area contributed by atoms with Gasteiger partial charge in [0, 0.05) is 38.8 Å². The number of para-hydroxylation sites is 1. The Morgan fingerprint density at radius 2 is 1.59 bits per heavy atom. The zero-order chi connectivity index (χ0) is 23.8. The van der Waals surface area contributed by atoms with Gasteiger partial charge in [0.15, 0.2) is 0 Å². The van der Waals surface area contributed by atoms with Gasteiger partial charge in [-0.2, -0.15) is 10.2 Å². The second-order valence-electron chi connectivity index (χ2n) is 8.59. The number of amides is 1. The lowest BCUT2D eigenvalue weighted by Crippen LogP contribution is -2.49. The molecular formula is C26H27FN6O. The van der Waals surface area contributed by atoms with Gasteiger partial charge in [0.2, 0.25) is 0 Å². The number of nitrogens with zero attached hydrogens (tertiary/aromatic N) is 6. The van der Waals surface area contributed by atoms with Crippen molar-refractivity contribution >= 4 is 11.6 Å². The molecule has 3 heterocycles. The van der Waals surface area contributed by atoms with Crippen molar-refractivity contribution in [2.24, 2.45) is 7.05 Å². The minimum Gasteiger partial charge on any atom is -0.365 e. The number of rotatable bonds is 4. The van der Waals surface area contributed by atoms with Gasteiger partial charge in [-0.25, -0.2) is 9.07 Å². The van der Waals surface area contributed by atoms with Crippen LogP contribution in [0.4, 0.5) is 10.1 Å². The summed E-state index contributed by atoms with van der Waals surface area (Å²) in [6, 6.07) is 18.0. The molecule has 1 fully saturated rings. The van der Waals surface area contributed by atoms with Crippen molar-refractivity contribution < 1.29 is 9.18 Å². The van der Waals surface area contributed by atoms with E-state index in [9.17, 15) is 9.18 Å². The highest BCUT2D eigenvalue weighted by atomic mass is 19.1. The summed E-state index contributed by atoms with van der Waals surface area (Å²) in [6.45, 7) is 6.82. The summed E-state index contributed by atoms with van der Waals surface area (Å²) in [7, 11) is 1.77. The Morgan fingerprint density at radius 1 is 0.912 bits per heavy atom. The summed E-state index contributed by atoms with van der Waals surface area (Å²) in [5.74, 6) is -0.343. The summed E-state index contributed by atoms with van der Waals surface area (Å²) in [4.78, 5) is 17.4. The fourth-order valence-electron chi connectivity index (χ4n) is 4.64. The quantitative estimate of drug-likeness (QED) is 0.464. The van der Waals surface area contributed by atoms with Crippen LogP contribution in [0.15, 0.2) is 60.7 Å². The first-order valence-corrected chi connectivity index (χ1v) is 11.4. The van der Waals surface area contributed by atoms with Crippen molar-refractivity contribution in [1.29, 1.82) is 0 Å². The number of aromatic nitrogens is 4. The molecule has 1 aliphatic heterocycles. The molecule has 0 bridgehead atoms. The van der Waals surface area contributed by atoms with Crippen LogP contribution in [-0.4, -0.2) is 56.5 Å². The van der Waals surface area contributed by atoms with E-state index in [1.807, 2.05) is 46.8 Å². The van der Waals surface area contributed by atoms with E-state index in [1.54, 1.807) is 29.9 Å². The number of benzene rings is 2. The van der Waals surface area contributed by atoms with E-state index < -0.39 is 0 Å². The molecule has 5 rings (SSSR count). The Kier molecular flexibility index (Phi) is 5.65. The molecule has 0 aliphatic carbocycles. The molecule has 2 aromatic carbocycles. The molecule has 174 valence electrons. The van der Waals surface area contributed by atoms with Gasteiger partial charge < -0.3 is 9.80 Å². The molecule has 2 aromatic heterocycles. The first kappa shape index (κ1) is 21.9. The normalized spacial score (nSPS) is 14.0. The van der Waals surface area contributed by atoms with Crippen LogP contribution >= 0.6 is 0 Å². The Labute approximate surface area is 198 Å². The van der Waals surface area contributed by atoms with Crippen molar-refractivity contribution in [3.05, 3.63) is 83.6 Å². The zero-order valence-corrected chi connectivity index (χ0v) is 19.6. The highest BCUT2D eigenvalue weighted by Crippen LogP contribution is 2.28. The smallest absolute Gasteiger partial charge is 0.272 e. The van der Waals surface area contributed by atoms with Gasteiger partial charge in [0.25, 0.3) is 5.91 Å². The maximum Gasteiger partial charge on any atom is 0.272 e. The lowest BCUT2D eigenvalue weighted by atomic mass is 10.1. The molecule has 34 heavy (non-hydrogen) atoms. The standard InChI is InChI=1S/C26H27FN6O/c1-18-25(19(2)33(28-18)22-7-5-4-6-8-22)31-13-15-32(16-14-31)26(34)24-17-23(29-30(24)3)20-9-11-21(27)12-10-20/h4-12,17H,13-16H2,1-3H3. The summed E-state index contributed by atoms with van der Waals surface area (Å²) >= 11 is 0. The van der Waals surface area contributed by atoms with Gasteiger partial charge >= 0.3 is 0 Å². The van der Waals surface area contributed by atoms with E-state index in [2.05, 4.69) is 16.9 Å². The van der Waals surface area contributed by atoms with Crippen LogP contribution in [-0.2, 0) is 7.05 Å². The van der Waals surface area contributed by atoms with Crippen LogP contribution in [0.3, 0.4) is 0 Å². The van der Waals surface area contributed by atoms with Crippen molar-refractivity contribution in [1.82, 2.24) is 24.5 Å². The molecule has 8 heteroatoms. The third-order valence-electron chi connectivity index (χ3n) is 6.38. The van der Waals surface area contributed by atoms with Crippen molar-refractivity contribution in [2.45, 2.75) is 13.8 Å². The average Bonchev–Trinajstić information content (AvgIpc) is 3.38. The van der Waals surface area contributed by atoms with E-state index >= 15 is 0 Å². The second kappa shape index (κ2) is 8.78. The van der Waals surface area contributed by atoms with Crippen molar-refractivity contribution in [3.8, 4) is 16.9 Å². The molecular weight excluding hydrogens is 431 g/mol. The molecule has 1 saturated heterocycles. The first-order valence-electron chi connectivity index (χ1n) is 11.4. The SMILES string of the molecule is Cc1nn(-c2ccccc2)c(C)c1N1CCN(C(=O)c2cc(-c3ccc(F)cc3)nn2C)CC1. The molecule has 0 N–H and O–H groups in total. The van der Waals surface area contributed by atoms with E-state index in [1.165, 1.54) is 12.1 Å². The third-order valence-corrected chi connectivity index (χ3v) is 6.38. The minimum absolute atomic E-state index is 0.0450. The molecule has 0 saturated carbocycles. The summed E-state index contributed by atoms with van der Waals surface area (Å²) in [5.41, 5.74) is 6.21. The van der Waals surface area contributed by atoms with Gasteiger partial charge in [0.05, 0.1) is 28.5 Å². The van der Waals surface area contributed by atoms with Crippen LogP contribution in [0.2, 0.25) is 0 Å². The zero-order valence-electron chi connectivity index (χ0n) is 19.6. The first-order chi connectivity index (χ1) is 16.4. The lowest BCUT2D eigenvalue weighted by Gasteiger charge is -2.36.